The third-order valence-corrected chi connectivity index (χ3v) is 3.04. The van der Waals surface area contributed by atoms with E-state index >= 15 is 0 Å². The molecule has 0 heterocycles. The molecule has 0 unspecified atom stereocenters. The van der Waals surface area contributed by atoms with Gasteiger partial charge in [-0.1, -0.05) is 60.7 Å². The number of hydrogen-bond donors (Lipinski definition) is 0. The van der Waals surface area contributed by atoms with E-state index in [1.54, 1.807) is 0 Å². The Morgan fingerprint density at radius 2 is 1.11 bits per heavy atom. The molecular weight excluding hydrogens is 270 g/mol. The Morgan fingerprint density at radius 1 is 0.737 bits per heavy atom. The summed E-state index contributed by atoms with van der Waals surface area (Å²) in [5.41, 5.74) is 1.95. The van der Waals surface area contributed by atoms with Gasteiger partial charge in [-0.15, -0.1) is 9.05 Å². The van der Waals surface area contributed by atoms with E-state index in [4.69, 9.17) is 9.05 Å². The van der Waals surface area contributed by atoms with Gasteiger partial charge in [-0.3, -0.25) is 0 Å². The average molecular weight is 284 g/mol. The van der Waals surface area contributed by atoms with Crippen molar-refractivity contribution in [1.82, 2.24) is 0 Å². The first-order valence-corrected chi connectivity index (χ1v) is 6.75. The summed E-state index contributed by atoms with van der Waals surface area (Å²) in [5.74, 6) is 0. The first-order chi connectivity index (χ1) is 8.84. The van der Waals surface area contributed by atoms with Gasteiger partial charge in [-0.25, -0.2) is 0 Å². The predicted octanol–water partition coefficient (Wildman–Crippen LogP) is 3.70. The molecule has 0 amide bonds. The van der Waals surface area contributed by atoms with Crippen LogP contribution in [-0.2, 0) is 26.8 Å². The van der Waals surface area contributed by atoms with Crippen LogP contribution in [-0.4, -0.2) is 29.6 Å². The quantitative estimate of drug-likeness (QED) is 0.599. The van der Waals surface area contributed by atoms with Crippen molar-refractivity contribution < 1.29 is 13.6 Å². The van der Waals surface area contributed by atoms with E-state index in [0.29, 0.717) is 13.2 Å². The first-order valence-electron chi connectivity index (χ1n) is 5.65. The summed E-state index contributed by atoms with van der Waals surface area (Å²) in [6.45, 7) is 0.593. The molecule has 0 fully saturated rings. The Balaban J connectivity index is 0.00000180. The molecule has 0 aromatic heterocycles. The van der Waals surface area contributed by atoms with Crippen LogP contribution in [0.4, 0.5) is 0 Å². The third-order valence-electron chi connectivity index (χ3n) is 2.36. The Hall–Kier alpha value is -0.540. The molecule has 1 radical (unpaired) electrons. The number of hydrogen-bond acceptors (Lipinski definition) is 3. The summed E-state index contributed by atoms with van der Waals surface area (Å²) in [5, 5.41) is 0. The molecule has 0 bridgehead atoms. The second-order valence-electron chi connectivity index (χ2n) is 3.74. The zero-order chi connectivity index (χ0) is 12.6. The van der Waals surface area contributed by atoms with Crippen LogP contribution in [0.15, 0.2) is 60.7 Å². The molecule has 0 aliphatic carbocycles. The van der Waals surface area contributed by atoms with Crippen molar-refractivity contribution in [3.05, 3.63) is 71.8 Å². The third kappa shape index (κ3) is 6.44. The van der Waals surface area contributed by atoms with Crippen LogP contribution in [0.3, 0.4) is 0 Å². The van der Waals surface area contributed by atoms with E-state index in [9.17, 15) is 4.57 Å². The standard InChI is InChI=1S/C14H14O3P.Na/c15-18(16-11-13-7-3-1-4-8-13)17-12-14-9-5-2-6-10-14;/h1-10H,11-12H2;/q+1;. The monoisotopic (exact) mass is 284 g/mol. The van der Waals surface area contributed by atoms with Gasteiger partial charge in [0.2, 0.25) is 0 Å². The van der Waals surface area contributed by atoms with E-state index < -0.39 is 8.25 Å². The molecule has 0 saturated carbocycles. The van der Waals surface area contributed by atoms with Gasteiger partial charge in [-0.2, -0.15) is 0 Å². The molecule has 0 saturated heterocycles. The molecule has 19 heavy (non-hydrogen) atoms. The molecule has 0 atom stereocenters. The molecule has 0 aliphatic rings. The van der Waals surface area contributed by atoms with Gasteiger partial charge in [0.05, 0.1) is 0 Å². The molecule has 2 aromatic carbocycles. The second kappa shape index (κ2) is 9.38. The van der Waals surface area contributed by atoms with Crippen molar-refractivity contribution in [2.24, 2.45) is 0 Å². The molecule has 0 aliphatic heterocycles. The van der Waals surface area contributed by atoms with Crippen LogP contribution in [0.2, 0.25) is 0 Å². The van der Waals surface area contributed by atoms with Crippen LogP contribution in [0.25, 0.3) is 0 Å². The van der Waals surface area contributed by atoms with Gasteiger partial charge in [0, 0.05) is 34.1 Å². The minimum Gasteiger partial charge on any atom is -0.114 e. The van der Waals surface area contributed by atoms with E-state index in [0.717, 1.165) is 11.1 Å². The molecule has 0 spiro atoms. The largest absolute Gasteiger partial charge is 0.698 e. The van der Waals surface area contributed by atoms with Gasteiger partial charge >= 0.3 is 8.25 Å². The predicted molar refractivity (Wildman–Crippen MR) is 75.8 cm³/mol. The molecular formula is C14H14NaO3P+. The minimum atomic E-state index is -2.08. The van der Waals surface area contributed by atoms with E-state index in [-0.39, 0.29) is 29.6 Å². The molecule has 3 nitrogen and oxygen atoms in total. The molecule has 2 rings (SSSR count). The molecule has 0 N–H and O–H groups in total. The van der Waals surface area contributed by atoms with Gasteiger partial charge in [0.25, 0.3) is 0 Å². The smallest absolute Gasteiger partial charge is 0.114 e. The van der Waals surface area contributed by atoms with E-state index in [1.807, 2.05) is 60.7 Å². The van der Waals surface area contributed by atoms with Gasteiger partial charge < -0.3 is 0 Å². The van der Waals surface area contributed by atoms with Crippen molar-refractivity contribution in [3.63, 3.8) is 0 Å². The van der Waals surface area contributed by atoms with Crippen molar-refractivity contribution in [2.75, 3.05) is 0 Å². The van der Waals surface area contributed by atoms with Crippen molar-refractivity contribution in [1.29, 1.82) is 0 Å². The molecule has 93 valence electrons. The van der Waals surface area contributed by atoms with E-state index in [1.165, 1.54) is 0 Å². The Labute approximate surface area is 136 Å². The maximum Gasteiger partial charge on any atom is 0.698 e. The van der Waals surface area contributed by atoms with Crippen molar-refractivity contribution in [2.45, 2.75) is 13.2 Å². The van der Waals surface area contributed by atoms with Crippen LogP contribution >= 0.6 is 8.25 Å². The fourth-order valence-corrected chi connectivity index (χ4v) is 2.02. The van der Waals surface area contributed by atoms with E-state index in [2.05, 4.69) is 0 Å². The maximum atomic E-state index is 11.5. The normalized spacial score (nSPS) is 9.68. The summed E-state index contributed by atoms with van der Waals surface area (Å²) in [6.07, 6.45) is 0. The summed E-state index contributed by atoms with van der Waals surface area (Å²) in [6, 6.07) is 19.2. The number of rotatable bonds is 6. The summed E-state index contributed by atoms with van der Waals surface area (Å²) in [7, 11) is -2.08. The second-order valence-corrected chi connectivity index (χ2v) is 4.71. The SMILES string of the molecule is O=[P+](OCc1ccccc1)OCc1ccccc1.[Na]. The van der Waals surface area contributed by atoms with Crippen LogP contribution < -0.4 is 0 Å². The summed E-state index contributed by atoms with van der Waals surface area (Å²) in [4.78, 5) is 0. The zero-order valence-electron chi connectivity index (χ0n) is 10.9. The molecule has 2 aromatic rings. The van der Waals surface area contributed by atoms with Crippen molar-refractivity contribution >= 4 is 37.8 Å². The van der Waals surface area contributed by atoms with Crippen LogP contribution in [0.1, 0.15) is 11.1 Å². The van der Waals surface area contributed by atoms with Crippen LogP contribution in [0, 0.1) is 0 Å². The molecule has 5 heteroatoms. The summed E-state index contributed by atoms with van der Waals surface area (Å²) < 4.78 is 21.8. The van der Waals surface area contributed by atoms with Crippen molar-refractivity contribution in [3.8, 4) is 0 Å². The Morgan fingerprint density at radius 3 is 1.47 bits per heavy atom. The number of benzene rings is 2. The summed E-state index contributed by atoms with van der Waals surface area (Å²) >= 11 is 0. The zero-order valence-corrected chi connectivity index (χ0v) is 13.8. The minimum absolute atomic E-state index is 0. The fraction of sp³-hybridized carbons (Fsp3) is 0.143. The average Bonchev–Trinajstić information content (AvgIpc) is 2.45. The topological polar surface area (TPSA) is 35.5 Å². The Kier molecular flexibility index (Phi) is 8.15. The van der Waals surface area contributed by atoms with Gasteiger partial charge in [-0.05, 0) is 11.1 Å². The van der Waals surface area contributed by atoms with Gasteiger partial charge in [0.15, 0.2) is 0 Å². The van der Waals surface area contributed by atoms with Gasteiger partial charge in [0.1, 0.15) is 13.2 Å². The Bertz CT molecular complexity index is 445. The fourth-order valence-electron chi connectivity index (χ4n) is 1.44. The maximum absolute atomic E-state index is 11.5. The first kappa shape index (κ1) is 16.5. The van der Waals surface area contributed by atoms with Crippen LogP contribution in [0.5, 0.6) is 0 Å².